The van der Waals surface area contributed by atoms with Crippen LogP contribution in [-0.2, 0) is 25.4 Å². The molecular weight excluding hydrogens is 268 g/mol. The van der Waals surface area contributed by atoms with Gasteiger partial charge in [-0.1, -0.05) is 0 Å². The van der Waals surface area contributed by atoms with E-state index in [0.29, 0.717) is 11.3 Å². The highest BCUT2D eigenvalue weighted by atomic mass is 16.7. The van der Waals surface area contributed by atoms with Crippen molar-refractivity contribution in [1.82, 2.24) is 0 Å². The molecule has 0 atom stereocenters. The van der Waals surface area contributed by atoms with E-state index < -0.39 is 11.9 Å². The summed E-state index contributed by atoms with van der Waals surface area (Å²) in [6, 6.07) is 3.16. The lowest BCUT2D eigenvalue weighted by Crippen LogP contribution is -2.25. The number of hydrogen-bond acceptors (Lipinski definition) is 7. The second-order valence-corrected chi connectivity index (χ2v) is 3.96. The van der Waals surface area contributed by atoms with Gasteiger partial charge in [0.15, 0.2) is 13.6 Å². The van der Waals surface area contributed by atoms with Crippen LogP contribution in [0.5, 0.6) is 11.5 Å². The molecule has 0 unspecified atom stereocenters. The van der Waals surface area contributed by atoms with Crippen molar-refractivity contribution in [3.63, 3.8) is 0 Å². The summed E-state index contributed by atoms with van der Waals surface area (Å²) in [5.41, 5.74) is 0.604. The van der Waals surface area contributed by atoms with Crippen LogP contribution in [0.15, 0.2) is 12.1 Å². The van der Waals surface area contributed by atoms with Crippen molar-refractivity contribution in [3.8, 4) is 11.5 Å². The van der Waals surface area contributed by atoms with Crippen LogP contribution < -0.4 is 9.47 Å². The number of esters is 2. The van der Waals surface area contributed by atoms with Gasteiger partial charge in [-0.2, -0.15) is 0 Å². The van der Waals surface area contributed by atoms with E-state index in [1.54, 1.807) is 12.1 Å². The zero-order valence-corrected chi connectivity index (χ0v) is 11.1. The highest BCUT2D eigenvalue weighted by Gasteiger charge is 2.31. The van der Waals surface area contributed by atoms with Gasteiger partial charge in [0, 0.05) is 19.8 Å². The lowest BCUT2D eigenvalue weighted by atomic mass is 10.00. The van der Waals surface area contributed by atoms with Crippen molar-refractivity contribution in [1.29, 1.82) is 0 Å². The molecular formula is C13H14O7. The van der Waals surface area contributed by atoms with Gasteiger partial charge in [0.2, 0.25) is 0 Å². The fourth-order valence-corrected chi connectivity index (χ4v) is 1.84. The first-order chi connectivity index (χ1) is 9.67. The molecule has 1 aromatic carbocycles. The number of hydrogen-bond donors (Lipinski definition) is 0. The predicted octanol–water partition coefficient (Wildman–Crippen LogP) is 0.891. The number of ether oxygens (including phenoxy) is 5. The summed E-state index contributed by atoms with van der Waals surface area (Å²) in [7, 11) is 2.94. The minimum absolute atomic E-state index is 0.00789. The lowest BCUT2D eigenvalue weighted by molar-refractivity contribution is -0.137. The van der Waals surface area contributed by atoms with Gasteiger partial charge in [0.05, 0.1) is 6.42 Å². The third-order valence-electron chi connectivity index (χ3n) is 2.63. The molecule has 0 saturated carbocycles. The van der Waals surface area contributed by atoms with Gasteiger partial charge < -0.3 is 23.7 Å². The maximum Gasteiger partial charge on any atom is 0.350 e. The van der Waals surface area contributed by atoms with Gasteiger partial charge in [-0.3, -0.25) is 4.79 Å². The summed E-state index contributed by atoms with van der Waals surface area (Å²) in [6.45, 7) is -0.0140. The first-order valence-corrected chi connectivity index (χ1v) is 5.81. The zero-order valence-electron chi connectivity index (χ0n) is 11.1. The van der Waals surface area contributed by atoms with Gasteiger partial charge in [0.1, 0.15) is 17.1 Å². The molecule has 7 nitrogen and oxygen atoms in total. The first kappa shape index (κ1) is 14.3. The quantitative estimate of drug-likeness (QED) is 0.435. The summed E-state index contributed by atoms with van der Waals surface area (Å²) >= 11 is 0. The maximum atomic E-state index is 11.9. The second-order valence-electron chi connectivity index (χ2n) is 3.96. The van der Waals surface area contributed by atoms with E-state index in [-0.39, 0.29) is 31.3 Å². The number of carbonyl (C=O) groups is 2. The molecule has 0 amide bonds. The molecule has 0 saturated heterocycles. The standard InChI is InChI=1S/C13H14O7/c1-16-6-18-9-3-4-10(19-7-17-2)12-8(9)5-11(14)20-13(12)15/h3-4H,5-7H2,1-2H3. The Balaban J connectivity index is 2.41. The summed E-state index contributed by atoms with van der Waals surface area (Å²) in [4.78, 5) is 23.2. The minimum Gasteiger partial charge on any atom is -0.467 e. The smallest absolute Gasteiger partial charge is 0.350 e. The average Bonchev–Trinajstić information content (AvgIpc) is 2.43. The SMILES string of the molecule is COCOc1ccc(OCOC)c2c1CC(=O)OC2=O. The van der Waals surface area contributed by atoms with Crippen LogP contribution in [0.3, 0.4) is 0 Å². The van der Waals surface area contributed by atoms with Crippen LogP contribution in [0.4, 0.5) is 0 Å². The van der Waals surface area contributed by atoms with E-state index >= 15 is 0 Å². The normalized spacial score (nSPS) is 13.7. The van der Waals surface area contributed by atoms with Gasteiger partial charge in [-0.15, -0.1) is 0 Å². The molecule has 1 aliphatic heterocycles. The molecule has 108 valence electrons. The van der Waals surface area contributed by atoms with Crippen LogP contribution in [0.25, 0.3) is 0 Å². The Morgan fingerprint density at radius 2 is 1.65 bits per heavy atom. The summed E-state index contributed by atoms with van der Waals surface area (Å²) in [5.74, 6) is -0.723. The molecule has 1 aromatic rings. The van der Waals surface area contributed by atoms with E-state index in [1.165, 1.54) is 14.2 Å². The van der Waals surface area contributed by atoms with Crippen LogP contribution in [0.1, 0.15) is 15.9 Å². The molecule has 1 aliphatic rings. The Morgan fingerprint density at radius 3 is 2.30 bits per heavy atom. The number of fused-ring (bicyclic) bond motifs is 1. The third-order valence-corrected chi connectivity index (χ3v) is 2.63. The van der Waals surface area contributed by atoms with Gasteiger partial charge in [0.25, 0.3) is 0 Å². The Hall–Kier alpha value is -2.12. The Morgan fingerprint density at radius 1 is 1.05 bits per heavy atom. The first-order valence-electron chi connectivity index (χ1n) is 5.81. The molecule has 2 rings (SSSR count). The van der Waals surface area contributed by atoms with Crippen molar-refractivity contribution >= 4 is 11.9 Å². The molecule has 0 radical (unpaired) electrons. The topological polar surface area (TPSA) is 80.3 Å². The van der Waals surface area contributed by atoms with Crippen LogP contribution in [0.2, 0.25) is 0 Å². The Kier molecular flexibility index (Phi) is 4.54. The van der Waals surface area contributed by atoms with Gasteiger partial charge in [-0.25, -0.2) is 4.79 Å². The van der Waals surface area contributed by atoms with Crippen molar-refractivity contribution in [3.05, 3.63) is 23.3 Å². The Labute approximate surface area is 115 Å². The second kappa shape index (κ2) is 6.36. The van der Waals surface area contributed by atoms with Gasteiger partial charge in [-0.05, 0) is 12.1 Å². The zero-order chi connectivity index (χ0) is 14.5. The van der Waals surface area contributed by atoms with Crippen molar-refractivity contribution in [2.24, 2.45) is 0 Å². The average molecular weight is 282 g/mol. The number of methoxy groups -OCH3 is 2. The van der Waals surface area contributed by atoms with Crippen molar-refractivity contribution in [2.75, 3.05) is 27.8 Å². The van der Waals surface area contributed by atoms with Crippen molar-refractivity contribution < 1.29 is 33.3 Å². The van der Waals surface area contributed by atoms with Crippen molar-refractivity contribution in [2.45, 2.75) is 6.42 Å². The predicted molar refractivity (Wildman–Crippen MR) is 65.6 cm³/mol. The molecule has 0 N–H and O–H groups in total. The molecule has 0 fully saturated rings. The van der Waals surface area contributed by atoms with E-state index in [0.717, 1.165) is 0 Å². The summed E-state index contributed by atoms with van der Waals surface area (Å²) < 4.78 is 24.9. The number of rotatable bonds is 6. The highest BCUT2D eigenvalue weighted by molar-refractivity contribution is 6.05. The number of cyclic esters (lactones) is 2. The fourth-order valence-electron chi connectivity index (χ4n) is 1.84. The molecule has 7 heteroatoms. The molecule has 0 aliphatic carbocycles. The number of benzene rings is 1. The van der Waals surface area contributed by atoms with E-state index in [2.05, 4.69) is 4.74 Å². The molecule has 0 spiro atoms. The Bertz CT molecular complexity index is 524. The highest BCUT2D eigenvalue weighted by Crippen LogP contribution is 2.34. The number of carbonyl (C=O) groups excluding carboxylic acids is 2. The van der Waals surface area contributed by atoms with E-state index in [9.17, 15) is 9.59 Å². The molecule has 1 heterocycles. The fraction of sp³-hybridized carbons (Fsp3) is 0.385. The summed E-state index contributed by atoms with van der Waals surface area (Å²) in [5, 5.41) is 0. The monoisotopic (exact) mass is 282 g/mol. The van der Waals surface area contributed by atoms with Crippen LogP contribution in [-0.4, -0.2) is 39.7 Å². The largest absolute Gasteiger partial charge is 0.467 e. The molecule has 0 bridgehead atoms. The lowest BCUT2D eigenvalue weighted by Gasteiger charge is -2.20. The molecule has 20 heavy (non-hydrogen) atoms. The third kappa shape index (κ3) is 2.89. The van der Waals surface area contributed by atoms with E-state index in [4.69, 9.17) is 18.9 Å². The maximum absolute atomic E-state index is 11.9. The van der Waals surface area contributed by atoms with E-state index in [1.807, 2.05) is 0 Å². The molecule has 0 aromatic heterocycles. The van der Waals surface area contributed by atoms with Crippen LogP contribution >= 0.6 is 0 Å². The summed E-state index contributed by atoms with van der Waals surface area (Å²) in [6.07, 6.45) is -0.0652. The minimum atomic E-state index is -0.759. The van der Waals surface area contributed by atoms with Crippen LogP contribution in [0, 0.1) is 0 Å². The van der Waals surface area contributed by atoms with Gasteiger partial charge >= 0.3 is 11.9 Å².